The van der Waals surface area contributed by atoms with Crippen LogP contribution in [-0.2, 0) is 28.4 Å². The van der Waals surface area contributed by atoms with Crippen LogP contribution in [-0.4, -0.2) is 76.3 Å². The summed E-state index contributed by atoms with van der Waals surface area (Å²) in [5.74, 6) is 5.31. The van der Waals surface area contributed by atoms with Gasteiger partial charge in [-0.2, -0.15) is 0 Å². The molecule has 9 atom stereocenters. The standard InChI is InChI=1S/C32H54O6/c1-19-9-23(10-20(2)31(19)37-17-26-14-34-26)30(28-7-5-6-8-29(28)36-16-25-13-33-25)24-11-21(3)32(22(4)12-24)38-18-27-15-35-27/h19-32H,5-18H2,1-4H3. The van der Waals surface area contributed by atoms with Crippen LogP contribution >= 0.6 is 0 Å². The van der Waals surface area contributed by atoms with Crippen molar-refractivity contribution in [1.82, 2.24) is 0 Å². The molecule has 0 aromatic rings. The number of ether oxygens (including phenoxy) is 6. The van der Waals surface area contributed by atoms with Gasteiger partial charge in [0.05, 0.1) is 58.0 Å². The van der Waals surface area contributed by atoms with Gasteiger partial charge in [-0.3, -0.25) is 0 Å². The fourth-order valence-electron chi connectivity index (χ4n) is 9.06. The van der Waals surface area contributed by atoms with Gasteiger partial charge in [0.2, 0.25) is 0 Å². The summed E-state index contributed by atoms with van der Waals surface area (Å²) in [5, 5.41) is 0. The fourth-order valence-corrected chi connectivity index (χ4v) is 9.06. The van der Waals surface area contributed by atoms with Gasteiger partial charge in [-0.1, -0.05) is 40.5 Å². The number of hydrogen-bond donors (Lipinski definition) is 0. The van der Waals surface area contributed by atoms with Crippen LogP contribution in [0.1, 0.15) is 79.1 Å². The lowest BCUT2D eigenvalue weighted by Gasteiger charge is -2.52. The lowest BCUT2D eigenvalue weighted by Crippen LogP contribution is -2.48. The van der Waals surface area contributed by atoms with E-state index in [1.165, 1.54) is 51.4 Å². The molecule has 3 aliphatic heterocycles. The van der Waals surface area contributed by atoms with Gasteiger partial charge in [0.25, 0.3) is 0 Å². The Morgan fingerprint density at radius 3 is 1.39 bits per heavy atom. The normalized spacial score (nSPS) is 49.4. The van der Waals surface area contributed by atoms with Crippen LogP contribution < -0.4 is 0 Å². The van der Waals surface area contributed by atoms with E-state index in [-0.39, 0.29) is 0 Å². The predicted octanol–water partition coefficient (Wildman–Crippen LogP) is 5.51. The maximum Gasteiger partial charge on any atom is 0.104 e. The van der Waals surface area contributed by atoms with Crippen LogP contribution in [0.2, 0.25) is 0 Å². The lowest BCUT2D eigenvalue weighted by molar-refractivity contribution is -0.115. The smallest absolute Gasteiger partial charge is 0.104 e. The van der Waals surface area contributed by atoms with E-state index in [0.29, 0.717) is 66.2 Å². The number of rotatable bonds is 12. The molecule has 6 fully saturated rings. The molecule has 6 heteroatoms. The summed E-state index contributed by atoms with van der Waals surface area (Å²) in [6, 6.07) is 0. The van der Waals surface area contributed by atoms with Gasteiger partial charge in [-0.15, -0.1) is 0 Å². The van der Waals surface area contributed by atoms with Crippen LogP contribution in [0.5, 0.6) is 0 Å². The highest BCUT2D eigenvalue weighted by atomic mass is 16.6. The van der Waals surface area contributed by atoms with E-state index < -0.39 is 0 Å². The average molecular weight is 535 g/mol. The minimum atomic E-state index is 0.349. The van der Waals surface area contributed by atoms with E-state index in [1.807, 2.05) is 0 Å². The summed E-state index contributed by atoms with van der Waals surface area (Å²) in [6.45, 7) is 14.8. The van der Waals surface area contributed by atoms with Gasteiger partial charge in [0, 0.05) is 0 Å². The van der Waals surface area contributed by atoms with Gasteiger partial charge < -0.3 is 28.4 Å². The first-order chi connectivity index (χ1) is 18.5. The highest BCUT2D eigenvalue weighted by Gasteiger charge is 2.48. The van der Waals surface area contributed by atoms with Crippen molar-refractivity contribution in [3.8, 4) is 0 Å². The molecule has 0 aromatic carbocycles. The van der Waals surface area contributed by atoms with Crippen molar-refractivity contribution in [1.29, 1.82) is 0 Å². The van der Waals surface area contributed by atoms with Crippen LogP contribution in [0.4, 0.5) is 0 Å². The Bertz CT molecular complexity index is 682. The van der Waals surface area contributed by atoms with E-state index in [4.69, 9.17) is 28.4 Å². The lowest BCUT2D eigenvalue weighted by atomic mass is 9.56. The Labute approximate surface area is 231 Å². The second-order valence-corrected chi connectivity index (χ2v) is 14.2. The van der Waals surface area contributed by atoms with E-state index in [9.17, 15) is 0 Å². The molecule has 0 spiro atoms. The molecule has 9 unspecified atom stereocenters. The van der Waals surface area contributed by atoms with Crippen LogP contribution in [0.3, 0.4) is 0 Å². The van der Waals surface area contributed by atoms with E-state index in [0.717, 1.165) is 57.4 Å². The monoisotopic (exact) mass is 534 g/mol. The molecule has 0 aromatic heterocycles. The minimum absolute atomic E-state index is 0.349. The minimum Gasteiger partial charge on any atom is -0.375 e. The van der Waals surface area contributed by atoms with Crippen molar-refractivity contribution in [2.24, 2.45) is 47.3 Å². The SMILES string of the molecule is CC1CC(C(C2CC(C)C(OCC3CO3)C(C)C2)C2CCCCC2OCC2CO2)CC(C)C1OCC1CO1. The molecule has 3 saturated heterocycles. The second kappa shape index (κ2) is 12.3. The second-order valence-electron chi connectivity index (χ2n) is 14.2. The van der Waals surface area contributed by atoms with Crippen LogP contribution in [0, 0.1) is 47.3 Å². The van der Waals surface area contributed by atoms with Crippen LogP contribution in [0.15, 0.2) is 0 Å². The van der Waals surface area contributed by atoms with Crippen molar-refractivity contribution < 1.29 is 28.4 Å². The molecular weight excluding hydrogens is 480 g/mol. The number of epoxide rings is 3. The Morgan fingerprint density at radius 2 is 0.974 bits per heavy atom. The van der Waals surface area contributed by atoms with Gasteiger partial charge in [0.15, 0.2) is 0 Å². The van der Waals surface area contributed by atoms with E-state index in [2.05, 4.69) is 27.7 Å². The summed E-state index contributed by atoms with van der Waals surface area (Å²) in [7, 11) is 0. The van der Waals surface area contributed by atoms with Gasteiger partial charge in [0.1, 0.15) is 18.3 Å². The quantitative estimate of drug-likeness (QED) is 0.308. The topological polar surface area (TPSA) is 65.3 Å². The van der Waals surface area contributed by atoms with Gasteiger partial charge in [-0.05, 0) is 85.9 Å². The summed E-state index contributed by atoms with van der Waals surface area (Å²) < 4.78 is 36.0. The van der Waals surface area contributed by atoms with Gasteiger partial charge >= 0.3 is 0 Å². The molecule has 3 heterocycles. The molecule has 0 bridgehead atoms. The fraction of sp³-hybridized carbons (Fsp3) is 1.00. The Kier molecular flexibility index (Phi) is 9.05. The largest absolute Gasteiger partial charge is 0.375 e. The molecule has 218 valence electrons. The molecular formula is C32H54O6. The number of hydrogen-bond acceptors (Lipinski definition) is 6. The maximum absolute atomic E-state index is 6.67. The molecule has 0 N–H and O–H groups in total. The molecule has 6 rings (SSSR count). The van der Waals surface area contributed by atoms with Crippen molar-refractivity contribution in [2.45, 2.75) is 116 Å². The van der Waals surface area contributed by atoms with Crippen molar-refractivity contribution in [3.05, 3.63) is 0 Å². The summed E-state index contributed by atoms with van der Waals surface area (Å²) in [6.07, 6.45) is 12.6. The first-order valence-corrected chi connectivity index (χ1v) is 16.2. The Hall–Kier alpha value is -0.240. The molecule has 0 radical (unpaired) electrons. The summed E-state index contributed by atoms with van der Waals surface area (Å²) in [4.78, 5) is 0. The highest BCUT2D eigenvalue weighted by Crippen LogP contribution is 2.52. The van der Waals surface area contributed by atoms with E-state index >= 15 is 0 Å². The zero-order valence-corrected chi connectivity index (χ0v) is 24.4. The zero-order chi connectivity index (χ0) is 26.2. The van der Waals surface area contributed by atoms with Crippen LogP contribution in [0.25, 0.3) is 0 Å². The maximum atomic E-state index is 6.67. The third-order valence-electron chi connectivity index (χ3n) is 10.9. The molecule has 3 aliphatic carbocycles. The summed E-state index contributed by atoms with van der Waals surface area (Å²) >= 11 is 0. The third-order valence-corrected chi connectivity index (χ3v) is 10.9. The average Bonchev–Trinajstić information content (AvgIpc) is 3.73. The Balaban J connectivity index is 1.18. The predicted molar refractivity (Wildman–Crippen MR) is 146 cm³/mol. The highest BCUT2D eigenvalue weighted by molar-refractivity contribution is 4.97. The molecule has 38 heavy (non-hydrogen) atoms. The van der Waals surface area contributed by atoms with Crippen molar-refractivity contribution in [2.75, 3.05) is 39.6 Å². The first kappa shape index (κ1) is 27.9. The third kappa shape index (κ3) is 6.97. The molecule has 6 aliphatic rings. The molecule has 0 amide bonds. The molecule has 6 nitrogen and oxygen atoms in total. The van der Waals surface area contributed by atoms with Crippen molar-refractivity contribution >= 4 is 0 Å². The summed E-state index contributed by atoms with van der Waals surface area (Å²) in [5.41, 5.74) is 0. The van der Waals surface area contributed by atoms with E-state index in [1.54, 1.807) is 0 Å². The zero-order valence-electron chi connectivity index (χ0n) is 24.4. The first-order valence-electron chi connectivity index (χ1n) is 16.2. The van der Waals surface area contributed by atoms with Gasteiger partial charge in [-0.25, -0.2) is 0 Å². The Morgan fingerprint density at radius 1 is 0.579 bits per heavy atom. The molecule has 3 saturated carbocycles. The van der Waals surface area contributed by atoms with Crippen molar-refractivity contribution in [3.63, 3.8) is 0 Å².